The number of halogens is 3. The van der Waals surface area contributed by atoms with Crippen LogP contribution >= 0.6 is 23.2 Å². The van der Waals surface area contributed by atoms with Crippen molar-refractivity contribution in [3.05, 3.63) is 63.9 Å². The van der Waals surface area contributed by atoms with E-state index in [0.717, 1.165) is 31.2 Å². The Morgan fingerprint density at radius 2 is 1.73 bits per heavy atom. The molecule has 1 fully saturated rings. The van der Waals surface area contributed by atoms with Crippen molar-refractivity contribution >= 4 is 40.5 Å². The molecule has 1 amide bonds. The third kappa shape index (κ3) is 4.79. The lowest BCUT2D eigenvalue weighted by Gasteiger charge is -2.25. The average Bonchev–Trinajstić information content (AvgIpc) is 3.00. The minimum atomic E-state index is -0.305. The van der Waals surface area contributed by atoms with Crippen LogP contribution in [0.1, 0.15) is 56.6 Å². The Balaban J connectivity index is 1.61. The highest BCUT2D eigenvalue weighted by Gasteiger charge is 2.34. The number of anilines is 1. The molecule has 0 saturated heterocycles. The largest absolute Gasteiger partial charge is 0.348 e. The molecule has 1 heterocycles. The predicted octanol–water partition coefficient (Wildman–Crippen LogP) is 6.28. The molecule has 1 N–H and O–H groups in total. The summed E-state index contributed by atoms with van der Waals surface area (Å²) in [4.78, 5) is 13.0. The summed E-state index contributed by atoms with van der Waals surface area (Å²) in [6.45, 7) is 0. The highest BCUT2D eigenvalue weighted by Crippen LogP contribution is 2.39. The van der Waals surface area contributed by atoms with Crippen LogP contribution in [0.2, 0.25) is 10.0 Å². The smallest absolute Gasteiger partial charge is 0.267 e. The number of nitrogens with one attached hydrogen (secondary N) is 1. The standard InChI is InChI=1S/C23H24Cl2FN3O/c24-16-9-12-21(19(25)13-16)29-22(15-7-10-17(26)11-8-15)14-20(28-29)23(30)27-18-5-3-1-2-4-6-18/h7-13,18,22H,1-6,14H2,(H,27,30)/t22-/m1/s1. The van der Waals surface area contributed by atoms with Gasteiger partial charge >= 0.3 is 0 Å². The molecule has 1 saturated carbocycles. The number of rotatable bonds is 4. The van der Waals surface area contributed by atoms with Crippen LogP contribution in [0.4, 0.5) is 10.1 Å². The van der Waals surface area contributed by atoms with E-state index in [1.165, 1.54) is 25.0 Å². The van der Waals surface area contributed by atoms with Crippen LogP contribution in [0.5, 0.6) is 0 Å². The first kappa shape index (κ1) is 21.1. The maximum atomic E-state index is 13.5. The fourth-order valence-corrected chi connectivity index (χ4v) is 4.67. The first-order chi connectivity index (χ1) is 14.5. The van der Waals surface area contributed by atoms with Gasteiger partial charge in [0, 0.05) is 17.5 Å². The fourth-order valence-electron chi connectivity index (χ4n) is 4.17. The van der Waals surface area contributed by atoms with Crippen molar-refractivity contribution in [1.29, 1.82) is 0 Å². The molecule has 4 rings (SSSR count). The van der Waals surface area contributed by atoms with Gasteiger partial charge in [0.05, 0.1) is 16.8 Å². The van der Waals surface area contributed by atoms with E-state index in [4.69, 9.17) is 23.2 Å². The van der Waals surface area contributed by atoms with E-state index >= 15 is 0 Å². The molecule has 158 valence electrons. The number of carbonyl (C=O) groups is 1. The number of hydrogen-bond donors (Lipinski definition) is 1. The van der Waals surface area contributed by atoms with Gasteiger partial charge in [0.1, 0.15) is 11.5 Å². The maximum Gasteiger partial charge on any atom is 0.267 e. The van der Waals surface area contributed by atoms with Crippen LogP contribution in [-0.4, -0.2) is 17.7 Å². The first-order valence-electron chi connectivity index (χ1n) is 10.4. The normalized spacial score (nSPS) is 20.0. The first-order valence-corrected chi connectivity index (χ1v) is 11.1. The van der Waals surface area contributed by atoms with Crippen molar-refractivity contribution in [3.63, 3.8) is 0 Å². The molecule has 0 aromatic heterocycles. The number of hydrogen-bond acceptors (Lipinski definition) is 3. The lowest BCUT2D eigenvalue weighted by Crippen LogP contribution is -2.38. The van der Waals surface area contributed by atoms with Crippen LogP contribution in [-0.2, 0) is 4.79 Å². The van der Waals surface area contributed by atoms with E-state index in [-0.39, 0.29) is 23.8 Å². The third-order valence-corrected chi connectivity index (χ3v) is 6.31. The molecule has 30 heavy (non-hydrogen) atoms. The summed E-state index contributed by atoms with van der Waals surface area (Å²) < 4.78 is 13.5. The molecule has 1 atom stereocenters. The number of amides is 1. The Labute approximate surface area is 186 Å². The molecular weight excluding hydrogens is 424 g/mol. The minimum Gasteiger partial charge on any atom is -0.348 e. The molecule has 2 aromatic carbocycles. The van der Waals surface area contributed by atoms with E-state index in [2.05, 4.69) is 10.4 Å². The lowest BCUT2D eigenvalue weighted by atomic mass is 10.0. The summed E-state index contributed by atoms with van der Waals surface area (Å²) in [6.07, 6.45) is 7.17. The highest BCUT2D eigenvalue weighted by atomic mass is 35.5. The second-order valence-electron chi connectivity index (χ2n) is 7.92. The van der Waals surface area contributed by atoms with Gasteiger partial charge in [-0.3, -0.25) is 9.80 Å². The van der Waals surface area contributed by atoms with Gasteiger partial charge < -0.3 is 5.32 Å². The van der Waals surface area contributed by atoms with Crippen LogP contribution in [0, 0.1) is 5.82 Å². The second kappa shape index (κ2) is 9.36. The molecule has 2 aliphatic rings. The Morgan fingerprint density at radius 1 is 1.03 bits per heavy atom. The summed E-state index contributed by atoms with van der Waals surface area (Å²) in [7, 11) is 0. The molecule has 1 aliphatic heterocycles. The Kier molecular flexibility index (Phi) is 6.59. The van der Waals surface area contributed by atoms with Crippen LogP contribution in [0.15, 0.2) is 47.6 Å². The minimum absolute atomic E-state index is 0.137. The highest BCUT2D eigenvalue weighted by molar-refractivity contribution is 6.40. The van der Waals surface area contributed by atoms with Crippen molar-refractivity contribution in [3.8, 4) is 0 Å². The summed E-state index contributed by atoms with van der Waals surface area (Å²) >= 11 is 12.5. The zero-order valence-electron chi connectivity index (χ0n) is 16.6. The van der Waals surface area contributed by atoms with Crippen molar-refractivity contribution in [2.75, 3.05) is 5.01 Å². The predicted molar refractivity (Wildman–Crippen MR) is 120 cm³/mol. The van der Waals surface area contributed by atoms with Gasteiger partial charge in [0.2, 0.25) is 0 Å². The van der Waals surface area contributed by atoms with Crippen molar-refractivity contribution in [2.24, 2.45) is 5.10 Å². The van der Waals surface area contributed by atoms with E-state index < -0.39 is 0 Å². The topological polar surface area (TPSA) is 44.7 Å². The van der Waals surface area contributed by atoms with Gasteiger partial charge in [-0.25, -0.2) is 4.39 Å². The van der Waals surface area contributed by atoms with Crippen molar-refractivity contribution in [1.82, 2.24) is 5.32 Å². The Hall–Kier alpha value is -2.11. The molecule has 4 nitrogen and oxygen atoms in total. The summed E-state index contributed by atoms with van der Waals surface area (Å²) in [5, 5.41) is 10.5. The number of nitrogens with zero attached hydrogens (tertiary/aromatic N) is 2. The molecule has 0 unspecified atom stereocenters. The average molecular weight is 448 g/mol. The van der Waals surface area contributed by atoms with Crippen LogP contribution in [0.3, 0.4) is 0 Å². The van der Waals surface area contributed by atoms with Gasteiger partial charge in [-0.15, -0.1) is 0 Å². The lowest BCUT2D eigenvalue weighted by molar-refractivity contribution is -0.115. The van der Waals surface area contributed by atoms with Gasteiger partial charge in [-0.2, -0.15) is 5.10 Å². The van der Waals surface area contributed by atoms with Crippen molar-refractivity contribution < 1.29 is 9.18 Å². The molecule has 0 bridgehead atoms. The quantitative estimate of drug-likeness (QED) is 0.560. The monoisotopic (exact) mass is 447 g/mol. The summed E-state index contributed by atoms with van der Waals surface area (Å²) in [6, 6.07) is 11.4. The van der Waals surface area contributed by atoms with E-state index in [0.29, 0.717) is 27.9 Å². The molecular formula is C23H24Cl2FN3O. The Morgan fingerprint density at radius 3 is 2.40 bits per heavy atom. The number of carbonyl (C=O) groups excluding carboxylic acids is 1. The molecule has 0 spiro atoms. The van der Waals surface area contributed by atoms with Gasteiger partial charge in [0.25, 0.3) is 5.91 Å². The number of hydrazone groups is 1. The van der Waals surface area contributed by atoms with Crippen molar-refractivity contribution in [2.45, 2.75) is 57.0 Å². The van der Waals surface area contributed by atoms with E-state index in [1.54, 1.807) is 35.3 Å². The van der Waals surface area contributed by atoms with E-state index in [9.17, 15) is 9.18 Å². The SMILES string of the molecule is O=C(NC1CCCCCC1)C1=NN(c2ccc(Cl)cc2Cl)[C@@H](c2ccc(F)cc2)C1. The molecule has 1 aliphatic carbocycles. The number of benzene rings is 2. The zero-order chi connectivity index (χ0) is 21.1. The zero-order valence-corrected chi connectivity index (χ0v) is 18.1. The maximum absolute atomic E-state index is 13.5. The van der Waals surface area contributed by atoms with Gasteiger partial charge in [0.15, 0.2) is 0 Å². The molecule has 7 heteroatoms. The summed E-state index contributed by atoms with van der Waals surface area (Å²) in [5.41, 5.74) is 1.98. The summed E-state index contributed by atoms with van der Waals surface area (Å²) in [5.74, 6) is -0.443. The molecule has 2 aromatic rings. The molecule has 0 radical (unpaired) electrons. The van der Waals surface area contributed by atoms with Crippen LogP contribution in [0.25, 0.3) is 0 Å². The Bertz CT molecular complexity index is 940. The van der Waals surface area contributed by atoms with Gasteiger partial charge in [-0.05, 0) is 48.7 Å². The van der Waals surface area contributed by atoms with Gasteiger partial charge in [-0.1, -0.05) is 61.0 Å². The fraction of sp³-hybridized carbons (Fsp3) is 0.391. The third-order valence-electron chi connectivity index (χ3n) is 5.77. The van der Waals surface area contributed by atoms with E-state index in [1.807, 2.05) is 0 Å². The second-order valence-corrected chi connectivity index (χ2v) is 8.76. The van der Waals surface area contributed by atoms with Crippen LogP contribution < -0.4 is 10.3 Å².